The zero-order chi connectivity index (χ0) is 60.7. The number of nitrogens with zero attached hydrogens (tertiary/aromatic N) is 3. The molecule has 1 aliphatic heterocycles. The molecule has 0 radical (unpaired) electrons. The quantitative estimate of drug-likeness (QED) is 0.156. The number of aryl methyl sites for hydroxylation is 2. The van der Waals surface area contributed by atoms with Gasteiger partial charge in [0, 0.05) is 55.1 Å². The summed E-state index contributed by atoms with van der Waals surface area (Å²) in [6, 6.07) is 81.2. The van der Waals surface area contributed by atoms with Crippen molar-refractivity contribution >= 4 is 121 Å². The van der Waals surface area contributed by atoms with Crippen LogP contribution in [0.25, 0.3) is 104 Å². The molecule has 0 bridgehead atoms. The summed E-state index contributed by atoms with van der Waals surface area (Å²) in [5, 5.41) is 7.95. The van der Waals surface area contributed by atoms with Crippen LogP contribution in [0.3, 0.4) is 0 Å². The van der Waals surface area contributed by atoms with E-state index in [1.807, 2.05) is 92.7 Å². The molecule has 0 fully saturated rings. The molecule has 5 nitrogen and oxygen atoms in total. The third kappa shape index (κ3) is 7.05. The average molecular weight is 1180 g/mol. The smallest absolute Gasteiger partial charge is 0.420 e. The minimum absolute atomic E-state index is 0.241. The summed E-state index contributed by atoms with van der Waals surface area (Å²) in [7, 11) is 0. The number of rotatable bonds is 6. The number of aromatic nitrogens is 1. The van der Waals surface area contributed by atoms with Crippen molar-refractivity contribution in [2.45, 2.75) is 31.6 Å². The lowest BCUT2D eigenvalue weighted by Crippen LogP contribution is -2.33. The van der Waals surface area contributed by atoms with Gasteiger partial charge < -0.3 is 23.2 Å². The van der Waals surface area contributed by atoms with Crippen LogP contribution in [-0.2, 0) is 17.8 Å². The van der Waals surface area contributed by atoms with Crippen molar-refractivity contribution in [3.8, 4) is 16.8 Å². The third-order valence-corrected chi connectivity index (χ3v) is 19.0. The zero-order valence-electron chi connectivity index (χ0n) is 48.1. The fourth-order valence-electron chi connectivity index (χ4n) is 15.3. The summed E-state index contributed by atoms with van der Waals surface area (Å²) in [6.07, 6.45) is -9.36. The summed E-state index contributed by atoms with van der Waals surface area (Å²) in [5.74, 6) is 0. The Balaban J connectivity index is 1.00. The number of benzene rings is 13. The number of fused-ring (bicyclic) bond motifs is 22. The minimum atomic E-state index is -4.69. The van der Waals surface area contributed by atoms with E-state index in [0.717, 1.165) is 123 Å². The second kappa shape index (κ2) is 18.5. The summed E-state index contributed by atoms with van der Waals surface area (Å²) in [4.78, 5) is 4.21. The number of furan rings is 2. The molecule has 0 unspecified atom stereocenters. The number of para-hydroxylation sites is 7. The van der Waals surface area contributed by atoms with Crippen LogP contribution >= 0.6 is 0 Å². The van der Waals surface area contributed by atoms with Gasteiger partial charge in [-0.3, -0.25) is 0 Å². The van der Waals surface area contributed by atoms with Gasteiger partial charge in [-0.1, -0.05) is 176 Å². The number of alkyl halides is 6. The monoisotopic (exact) mass is 1180 g/mol. The van der Waals surface area contributed by atoms with E-state index < -0.39 is 28.9 Å². The van der Waals surface area contributed by atoms with Crippen LogP contribution in [0, 0.1) is 13.8 Å². The van der Waals surface area contributed by atoms with Crippen molar-refractivity contribution < 1.29 is 35.2 Å². The van der Waals surface area contributed by atoms with Gasteiger partial charge in [-0.15, -0.1) is 0 Å². The first kappa shape index (κ1) is 52.1. The highest BCUT2D eigenvalue weighted by atomic mass is 19.4. The Hall–Kier alpha value is -11.0. The Morgan fingerprint density at radius 2 is 0.789 bits per heavy atom. The molecule has 2 aliphatic rings. The van der Waals surface area contributed by atoms with Crippen LogP contribution in [0.1, 0.15) is 44.5 Å². The zero-order valence-corrected chi connectivity index (χ0v) is 48.1. The summed E-state index contributed by atoms with van der Waals surface area (Å²) >= 11 is 0. The highest BCUT2D eigenvalue weighted by molar-refractivity contribution is 6.20. The topological polar surface area (TPSA) is 37.7 Å². The van der Waals surface area contributed by atoms with Crippen LogP contribution in [0.2, 0.25) is 0 Å². The first-order chi connectivity index (χ1) is 43.8. The van der Waals surface area contributed by atoms with Gasteiger partial charge in [0.15, 0.2) is 11.2 Å². The molecule has 4 heterocycles. The molecular formula is C79H47F6N3O2. The molecule has 0 atom stereocenters. The second-order valence-electron chi connectivity index (χ2n) is 23.7. The Kier molecular flexibility index (Phi) is 10.7. The molecule has 11 heteroatoms. The highest BCUT2D eigenvalue weighted by Gasteiger charge is 2.52. The molecule has 0 N–H and O–H groups in total. The van der Waals surface area contributed by atoms with E-state index in [1.54, 1.807) is 18.2 Å². The van der Waals surface area contributed by atoms with Gasteiger partial charge in [0.2, 0.25) is 0 Å². The van der Waals surface area contributed by atoms with Crippen molar-refractivity contribution in [3.63, 3.8) is 0 Å². The standard InChI is InChI=1S/C79H47F6N3O2/c1-44-17-3-10-30-64(44)86(68-33-15-25-54-52-23-13-28-61(78(80,81)82)73(52)89-75(54)68)48-37-40-66-56(41-48)57-42-49(87(65-31-11-4-18-45(65)2)69-34-16-26-55-53-24-14-29-62(79(83,84)85)74(53)90-76(55)69)43-63-72(57)88(66)67-32-12-9-27-58(67)77(63)59-38-35-46-19-5-7-21-50(46)70(59)71-51-22-8-6-20-47(51)36-39-60(71)77/h3-43H,1-2H3. The predicted molar refractivity (Wildman–Crippen MR) is 350 cm³/mol. The summed E-state index contributed by atoms with van der Waals surface area (Å²) in [6.45, 7) is 4.05. The molecule has 1 aliphatic carbocycles. The van der Waals surface area contributed by atoms with E-state index in [1.165, 1.54) is 12.1 Å². The normalized spacial score (nSPS) is 13.4. The largest absolute Gasteiger partial charge is 0.453 e. The average Bonchev–Trinajstić information content (AvgIpc) is 1.47. The Labute approximate surface area is 510 Å². The first-order valence-corrected chi connectivity index (χ1v) is 29.8. The van der Waals surface area contributed by atoms with Crippen molar-refractivity contribution in [1.82, 2.24) is 4.57 Å². The van der Waals surface area contributed by atoms with E-state index in [2.05, 4.69) is 142 Å². The van der Waals surface area contributed by atoms with Crippen molar-refractivity contribution in [1.29, 1.82) is 0 Å². The summed E-state index contributed by atoms with van der Waals surface area (Å²) in [5.41, 5.74) is 12.7. The van der Waals surface area contributed by atoms with E-state index >= 15 is 13.2 Å². The second-order valence-corrected chi connectivity index (χ2v) is 23.7. The van der Waals surface area contributed by atoms with Crippen LogP contribution in [0.5, 0.6) is 0 Å². The van der Waals surface area contributed by atoms with Crippen LogP contribution in [0.15, 0.2) is 258 Å². The molecule has 0 amide bonds. The van der Waals surface area contributed by atoms with Gasteiger partial charge in [-0.25, -0.2) is 0 Å². The maximum atomic E-state index is 15.0. The molecule has 16 aromatic rings. The van der Waals surface area contributed by atoms with E-state index in [4.69, 9.17) is 8.83 Å². The van der Waals surface area contributed by atoms with Crippen LogP contribution in [-0.4, -0.2) is 4.57 Å². The molecule has 432 valence electrons. The number of anilines is 6. The van der Waals surface area contributed by atoms with E-state index in [9.17, 15) is 13.2 Å². The Morgan fingerprint density at radius 1 is 0.344 bits per heavy atom. The molecule has 1 spiro atoms. The molecule has 0 saturated heterocycles. The van der Waals surface area contributed by atoms with Crippen molar-refractivity contribution in [3.05, 3.63) is 293 Å². The van der Waals surface area contributed by atoms with Crippen LogP contribution in [0.4, 0.5) is 60.5 Å². The fourth-order valence-corrected chi connectivity index (χ4v) is 15.3. The first-order valence-electron chi connectivity index (χ1n) is 29.8. The maximum absolute atomic E-state index is 15.0. The van der Waals surface area contributed by atoms with Gasteiger partial charge in [0.05, 0.1) is 44.6 Å². The molecular weight excluding hydrogens is 1140 g/mol. The fraction of sp³-hybridized carbons (Fsp3) is 0.0633. The lowest BCUT2D eigenvalue weighted by Gasteiger charge is -2.40. The summed E-state index contributed by atoms with van der Waals surface area (Å²) < 4.78 is 105. The molecule has 18 rings (SSSR count). The van der Waals surface area contributed by atoms with E-state index in [-0.39, 0.29) is 16.7 Å². The van der Waals surface area contributed by atoms with Gasteiger partial charge in [0.1, 0.15) is 11.2 Å². The Bertz CT molecular complexity index is 5700. The van der Waals surface area contributed by atoms with Gasteiger partial charge in [-0.2, -0.15) is 26.3 Å². The maximum Gasteiger partial charge on any atom is 0.420 e. The number of hydrogen-bond donors (Lipinski definition) is 0. The highest BCUT2D eigenvalue weighted by Crippen LogP contribution is 2.65. The van der Waals surface area contributed by atoms with Crippen molar-refractivity contribution in [2.75, 3.05) is 9.80 Å². The number of halogens is 6. The third-order valence-electron chi connectivity index (χ3n) is 19.0. The lowest BCUT2D eigenvalue weighted by molar-refractivity contribution is -0.137. The van der Waals surface area contributed by atoms with Gasteiger partial charge in [0.25, 0.3) is 0 Å². The minimum Gasteiger partial charge on any atom is -0.453 e. The van der Waals surface area contributed by atoms with Crippen LogP contribution < -0.4 is 9.80 Å². The molecule has 3 aromatic heterocycles. The van der Waals surface area contributed by atoms with Crippen molar-refractivity contribution in [2.24, 2.45) is 0 Å². The SMILES string of the molecule is Cc1ccccc1N(c1ccc2c(c1)c1cc(N(c3ccccc3C)c3cccc4c3oc3c(C(F)(F)F)cccc34)cc3c1n2-c1ccccc1C31c2ccc3ccccc3c2-c2c1ccc1ccccc21)c1cccc2c1oc1c(C(F)(F)F)cccc12. The van der Waals surface area contributed by atoms with Gasteiger partial charge in [-0.05, 0) is 153 Å². The van der Waals surface area contributed by atoms with E-state index in [0.29, 0.717) is 44.2 Å². The Morgan fingerprint density at radius 3 is 1.33 bits per heavy atom. The molecule has 13 aromatic carbocycles. The number of hydrogen-bond acceptors (Lipinski definition) is 4. The predicted octanol–water partition coefficient (Wildman–Crippen LogP) is 23.2. The lowest BCUT2D eigenvalue weighted by atomic mass is 9.65. The van der Waals surface area contributed by atoms with Gasteiger partial charge >= 0.3 is 12.4 Å². The molecule has 0 saturated carbocycles. The molecule has 90 heavy (non-hydrogen) atoms.